The summed E-state index contributed by atoms with van der Waals surface area (Å²) in [5, 5.41) is 0. The molecule has 17 heavy (non-hydrogen) atoms. The van der Waals surface area contributed by atoms with Gasteiger partial charge in [0.25, 0.3) is 0 Å². The highest BCUT2D eigenvalue weighted by atomic mass is 16.5. The molecule has 0 saturated carbocycles. The first-order chi connectivity index (χ1) is 8.24. The van der Waals surface area contributed by atoms with Gasteiger partial charge < -0.3 is 15.4 Å². The Morgan fingerprint density at radius 2 is 2.29 bits per heavy atom. The molecule has 2 N–H and O–H groups in total. The van der Waals surface area contributed by atoms with Gasteiger partial charge >= 0.3 is 0 Å². The molecule has 92 valence electrons. The maximum atomic E-state index is 12.2. The van der Waals surface area contributed by atoms with E-state index >= 15 is 0 Å². The minimum Gasteiger partial charge on any atom is -0.491 e. The smallest absolute Gasteiger partial charge is 0.231 e. The van der Waals surface area contributed by atoms with Crippen LogP contribution in [0.25, 0.3) is 0 Å². The number of para-hydroxylation sites is 2. The Labute approximate surface area is 101 Å². The van der Waals surface area contributed by atoms with Crippen molar-refractivity contribution in [1.82, 2.24) is 0 Å². The van der Waals surface area contributed by atoms with Crippen molar-refractivity contribution in [2.24, 2.45) is 11.7 Å². The summed E-state index contributed by atoms with van der Waals surface area (Å²) in [6.45, 7) is 3.58. The van der Waals surface area contributed by atoms with E-state index < -0.39 is 0 Å². The van der Waals surface area contributed by atoms with Crippen LogP contribution in [0.2, 0.25) is 0 Å². The van der Waals surface area contributed by atoms with E-state index in [-0.39, 0.29) is 11.8 Å². The second-order valence-corrected chi connectivity index (χ2v) is 4.30. The van der Waals surface area contributed by atoms with E-state index in [0.29, 0.717) is 19.7 Å². The number of carbonyl (C=O) groups is 1. The molecule has 1 aromatic rings. The number of ether oxygens (including phenoxy) is 1. The molecule has 2 rings (SSSR count). The Kier molecular flexibility index (Phi) is 3.64. The van der Waals surface area contributed by atoms with Gasteiger partial charge in [0.05, 0.1) is 12.3 Å². The van der Waals surface area contributed by atoms with Crippen molar-refractivity contribution in [1.29, 1.82) is 0 Å². The monoisotopic (exact) mass is 234 g/mol. The molecule has 1 heterocycles. The van der Waals surface area contributed by atoms with Crippen LogP contribution in [0.15, 0.2) is 24.3 Å². The number of benzene rings is 1. The van der Waals surface area contributed by atoms with Gasteiger partial charge in [0.1, 0.15) is 5.75 Å². The Balaban J connectivity index is 2.31. The molecule has 1 atom stereocenters. The van der Waals surface area contributed by atoms with Crippen molar-refractivity contribution in [2.45, 2.75) is 13.3 Å². The van der Waals surface area contributed by atoms with E-state index in [1.807, 2.05) is 31.2 Å². The lowest BCUT2D eigenvalue weighted by Crippen LogP contribution is -2.38. The van der Waals surface area contributed by atoms with E-state index in [4.69, 9.17) is 10.5 Å². The number of amides is 1. The summed E-state index contributed by atoms with van der Waals surface area (Å²) in [7, 11) is 0. The van der Waals surface area contributed by atoms with E-state index in [1.165, 1.54) is 0 Å². The summed E-state index contributed by atoms with van der Waals surface area (Å²) in [4.78, 5) is 14.0. The number of anilines is 1. The van der Waals surface area contributed by atoms with Gasteiger partial charge in [0, 0.05) is 19.0 Å². The van der Waals surface area contributed by atoms with Crippen LogP contribution in [0.4, 0.5) is 5.69 Å². The molecule has 1 aromatic carbocycles. The van der Waals surface area contributed by atoms with Gasteiger partial charge in [-0.2, -0.15) is 0 Å². The number of rotatable bonds is 2. The largest absolute Gasteiger partial charge is 0.491 e. The fraction of sp³-hybridized carbons (Fsp3) is 0.462. The van der Waals surface area contributed by atoms with E-state index in [9.17, 15) is 4.79 Å². The minimum absolute atomic E-state index is 0.0745. The predicted octanol–water partition coefficient (Wildman–Crippen LogP) is 1.40. The van der Waals surface area contributed by atoms with Crippen LogP contribution < -0.4 is 15.4 Å². The first kappa shape index (κ1) is 11.9. The number of fused-ring (bicyclic) bond motifs is 1. The molecule has 0 fully saturated rings. The van der Waals surface area contributed by atoms with Crippen LogP contribution in [0.3, 0.4) is 0 Å². The van der Waals surface area contributed by atoms with Crippen LogP contribution >= 0.6 is 0 Å². The molecule has 4 nitrogen and oxygen atoms in total. The van der Waals surface area contributed by atoms with Gasteiger partial charge in [-0.25, -0.2) is 0 Å². The molecular formula is C13H18N2O2. The highest BCUT2D eigenvalue weighted by molar-refractivity contribution is 5.96. The Morgan fingerprint density at radius 1 is 1.53 bits per heavy atom. The number of nitrogens with zero attached hydrogens (tertiary/aromatic N) is 1. The summed E-state index contributed by atoms with van der Waals surface area (Å²) in [6.07, 6.45) is 0.845. The third-order valence-electron chi connectivity index (χ3n) is 2.98. The van der Waals surface area contributed by atoms with E-state index in [2.05, 4.69) is 0 Å². The third-order valence-corrected chi connectivity index (χ3v) is 2.98. The lowest BCUT2D eigenvalue weighted by atomic mass is 10.1. The minimum atomic E-state index is -0.152. The maximum absolute atomic E-state index is 12.2. The molecule has 0 aromatic heterocycles. The van der Waals surface area contributed by atoms with Crippen LogP contribution in [0.1, 0.15) is 13.3 Å². The molecule has 1 aliphatic rings. The molecule has 0 aliphatic carbocycles. The highest BCUT2D eigenvalue weighted by Crippen LogP contribution is 2.31. The second kappa shape index (κ2) is 5.19. The molecular weight excluding hydrogens is 216 g/mol. The van der Waals surface area contributed by atoms with Crippen molar-refractivity contribution in [2.75, 3.05) is 24.6 Å². The van der Waals surface area contributed by atoms with Crippen LogP contribution in [-0.2, 0) is 4.79 Å². The molecule has 1 amide bonds. The summed E-state index contributed by atoms with van der Waals surface area (Å²) in [6, 6.07) is 7.65. The van der Waals surface area contributed by atoms with Crippen molar-refractivity contribution in [3.05, 3.63) is 24.3 Å². The van der Waals surface area contributed by atoms with Gasteiger partial charge in [0.15, 0.2) is 0 Å². The molecule has 0 saturated heterocycles. The molecule has 0 spiro atoms. The Bertz CT molecular complexity index is 406. The van der Waals surface area contributed by atoms with Gasteiger partial charge in [-0.15, -0.1) is 0 Å². The van der Waals surface area contributed by atoms with Crippen molar-refractivity contribution in [3.63, 3.8) is 0 Å². The maximum Gasteiger partial charge on any atom is 0.231 e. The average molecular weight is 234 g/mol. The quantitative estimate of drug-likeness (QED) is 0.841. The van der Waals surface area contributed by atoms with Crippen LogP contribution in [0.5, 0.6) is 5.75 Å². The standard InChI is InChI=1S/C13H18N2O2/c1-10(9-14)13(16)15-7-4-8-17-12-6-3-2-5-11(12)15/h2-3,5-6,10H,4,7-9,14H2,1H3. The SMILES string of the molecule is CC(CN)C(=O)N1CCCOc2ccccc21. The predicted molar refractivity (Wildman–Crippen MR) is 67.1 cm³/mol. The fourth-order valence-electron chi connectivity index (χ4n) is 1.92. The van der Waals surface area contributed by atoms with Crippen molar-refractivity contribution in [3.8, 4) is 5.75 Å². The molecule has 0 bridgehead atoms. The van der Waals surface area contributed by atoms with Gasteiger partial charge in [0.2, 0.25) is 5.91 Å². The zero-order valence-electron chi connectivity index (χ0n) is 10.1. The third kappa shape index (κ3) is 2.42. The molecule has 1 unspecified atom stereocenters. The van der Waals surface area contributed by atoms with Gasteiger partial charge in [-0.05, 0) is 18.6 Å². The van der Waals surface area contributed by atoms with Gasteiger partial charge in [-0.3, -0.25) is 4.79 Å². The number of nitrogens with two attached hydrogens (primary N) is 1. The number of hydrogen-bond acceptors (Lipinski definition) is 3. The second-order valence-electron chi connectivity index (χ2n) is 4.30. The van der Waals surface area contributed by atoms with Crippen LogP contribution in [-0.4, -0.2) is 25.6 Å². The zero-order valence-corrected chi connectivity index (χ0v) is 10.1. The number of carbonyl (C=O) groups excluding carboxylic acids is 1. The Morgan fingerprint density at radius 3 is 3.06 bits per heavy atom. The topological polar surface area (TPSA) is 55.6 Å². The number of hydrogen-bond donors (Lipinski definition) is 1. The van der Waals surface area contributed by atoms with Crippen molar-refractivity contribution < 1.29 is 9.53 Å². The lowest BCUT2D eigenvalue weighted by Gasteiger charge is -2.24. The normalized spacial score (nSPS) is 16.7. The van der Waals surface area contributed by atoms with Crippen LogP contribution in [0, 0.1) is 5.92 Å². The fourth-order valence-corrected chi connectivity index (χ4v) is 1.92. The molecule has 1 aliphatic heterocycles. The summed E-state index contributed by atoms with van der Waals surface area (Å²) in [5.74, 6) is 0.703. The molecule has 4 heteroatoms. The first-order valence-electron chi connectivity index (χ1n) is 5.97. The summed E-state index contributed by atoms with van der Waals surface area (Å²) >= 11 is 0. The summed E-state index contributed by atoms with van der Waals surface area (Å²) < 4.78 is 5.62. The molecule has 0 radical (unpaired) electrons. The lowest BCUT2D eigenvalue weighted by molar-refractivity contribution is -0.121. The first-order valence-corrected chi connectivity index (χ1v) is 5.97. The van der Waals surface area contributed by atoms with E-state index in [1.54, 1.807) is 4.90 Å². The van der Waals surface area contributed by atoms with Gasteiger partial charge in [-0.1, -0.05) is 19.1 Å². The average Bonchev–Trinajstić information content (AvgIpc) is 2.59. The summed E-state index contributed by atoms with van der Waals surface area (Å²) in [5.41, 5.74) is 6.42. The highest BCUT2D eigenvalue weighted by Gasteiger charge is 2.24. The Hall–Kier alpha value is -1.55. The zero-order chi connectivity index (χ0) is 12.3. The van der Waals surface area contributed by atoms with Crippen molar-refractivity contribution >= 4 is 11.6 Å². The van der Waals surface area contributed by atoms with E-state index in [0.717, 1.165) is 17.9 Å².